The van der Waals surface area contributed by atoms with E-state index >= 15 is 0 Å². The molecule has 2 aliphatic heterocycles. The van der Waals surface area contributed by atoms with Gasteiger partial charge in [0.25, 0.3) is 5.91 Å². The molecule has 4 aliphatic rings. The van der Waals surface area contributed by atoms with Crippen LogP contribution >= 0.6 is 0 Å². The number of Topliss-reactive ketones (excluding diaryl/α,β-unsaturated/α-hetero) is 1. The van der Waals surface area contributed by atoms with Gasteiger partial charge in [-0.25, -0.2) is 13.2 Å². The van der Waals surface area contributed by atoms with Gasteiger partial charge in [0.1, 0.15) is 12.1 Å². The quantitative estimate of drug-likeness (QED) is 0.156. The van der Waals surface area contributed by atoms with E-state index in [-0.39, 0.29) is 48.6 Å². The Labute approximate surface area is 304 Å². The molecule has 5 amide bonds. The number of hydrogen-bond acceptors (Lipinski definition) is 7. The first-order valence-electron chi connectivity index (χ1n) is 18.2. The molecule has 2 aliphatic carbocycles. The molecule has 2 saturated carbocycles. The van der Waals surface area contributed by atoms with E-state index in [1.54, 1.807) is 0 Å². The number of alkyl halides is 3. The number of amides is 5. The molecule has 2 unspecified atom stereocenters. The van der Waals surface area contributed by atoms with Crippen LogP contribution in [0.25, 0.3) is 0 Å². The number of nitrogens with one attached hydrogen (secondary N) is 4. The molecule has 0 spiro atoms. The molecule has 0 aromatic carbocycles. The normalized spacial score (nSPS) is 26.0. The predicted octanol–water partition coefficient (Wildman–Crippen LogP) is 2.87. The number of nitrogens with zero attached hydrogens (tertiary/aromatic N) is 2. The molecule has 4 fully saturated rings. The summed E-state index contributed by atoms with van der Waals surface area (Å²) >= 11 is 0. The Bertz CT molecular complexity index is 1490. The molecule has 4 rings (SSSR count). The summed E-state index contributed by atoms with van der Waals surface area (Å²) < 4.78 is 66.3. The number of hydrogen-bond donors (Lipinski definition) is 4. The molecular weight excluding hydrogens is 705 g/mol. The van der Waals surface area contributed by atoms with Crippen LogP contribution in [0.2, 0.25) is 0 Å². The zero-order valence-corrected chi connectivity index (χ0v) is 31.6. The maximum atomic E-state index is 14.5. The zero-order valence-electron chi connectivity index (χ0n) is 30.8. The van der Waals surface area contributed by atoms with Crippen molar-refractivity contribution in [1.29, 1.82) is 0 Å². The summed E-state index contributed by atoms with van der Waals surface area (Å²) in [6.45, 7) is 13.4. The van der Waals surface area contributed by atoms with E-state index in [2.05, 4.69) is 27.8 Å². The molecule has 17 heteroatoms. The van der Waals surface area contributed by atoms with Crippen LogP contribution in [-0.4, -0.2) is 109 Å². The van der Waals surface area contributed by atoms with Gasteiger partial charge < -0.3 is 26.2 Å². The Kier molecular flexibility index (Phi) is 12.8. The lowest BCUT2D eigenvalue weighted by molar-refractivity contribution is -0.147. The fourth-order valence-corrected chi connectivity index (χ4v) is 9.60. The van der Waals surface area contributed by atoms with Gasteiger partial charge in [0, 0.05) is 38.6 Å². The van der Waals surface area contributed by atoms with Crippen molar-refractivity contribution in [2.75, 3.05) is 31.9 Å². The molecule has 2 heterocycles. The second kappa shape index (κ2) is 16.0. The van der Waals surface area contributed by atoms with Crippen molar-refractivity contribution in [2.45, 2.75) is 116 Å². The second-order valence-corrected chi connectivity index (χ2v) is 18.5. The highest BCUT2D eigenvalue weighted by atomic mass is 32.2. The minimum absolute atomic E-state index is 0.0391. The van der Waals surface area contributed by atoms with Crippen LogP contribution in [0.15, 0.2) is 12.7 Å². The van der Waals surface area contributed by atoms with Crippen LogP contribution in [0.4, 0.5) is 18.0 Å². The molecule has 0 bridgehead atoms. The van der Waals surface area contributed by atoms with Crippen molar-refractivity contribution in [3.63, 3.8) is 0 Å². The van der Waals surface area contributed by atoms with Gasteiger partial charge in [-0.2, -0.15) is 17.5 Å². The lowest BCUT2D eigenvalue weighted by atomic mass is 9.83. The van der Waals surface area contributed by atoms with Crippen LogP contribution in [0.3, 0.4) is 0 Å². The van der Waals surface area contributed by atoms with Gasteiger partial charge >= 0.3 is 12.2 Å². The topological polar surface area (TPSA) is 174 Å². The van der Waals surface area contributed by atoms with Crippen molar-refractivity contribution in [2.24, 2.45) is 28.6 Å². The van der Waals surface area contributed by atoms with E-state index in [0.29, 0.717) is 25.8 Å². The number of rotatable bonds is 14. The molecule has 6 atom stereocenters. The summed E-state index contributed by atoms with van der Waals surface area (Å²) in [4.78, 5) is 69.1. The van der Waals surface area contributed by atoms with Crippen LogP contribution in [0.5, 0.6) is 0 Å². The fraction of sp³-hybridized carbons (Fsp3) is 0.800. The number of piperidine rings is 1. The van der Waals surface area contributed by atoms with Gasteiger partial charge in [-0.15, -0.1) is 6.58 Å². The van der Waals surface area contributed by atoms with Gasteiger partial charge in [0.2, 0.25) is 27.6 Å². The Hall–Kier alpha value is -3.21. The van der Waals surface area contributed by atoms with Crippen LogP contribution in [-0.2, 0) is 29.2 Å². The number of fused-ring (bicyclic) bond motifs is 1. The third kappa shape index (κ3) is 9.85. The van der Waals surface area contributed by atoms with Gasteiger partial charge in [-0.3, -0.25) is 19.2 Å². The van der Waals surface area contributed by atoms with Crippen molar-refractivity contribution in [1.82, 2.24) is 30.5 Å². The average molecular weight is 761 g/mol. The van der Waals surface area contributed by atoms with Gasteiger partial charge in [0.05, 0.1) is 11.8 Å². The number of sulfonamides is 1. The number of urea groups is 1. The third-order valence-electron chi connectivity index (χ3n) is 11.4. The van der Waals surface area contributed by atoms with Crippen molar-refractivity contribution >= 4 is 39.6 Å². The minimum Gasteiger partial charge on any atom is -0.346 e. The van der Waals surface area contributed by atoms with Crippen molar-refractivity contribution in [3.05, 3.63) is 12.7 Å². The first-order valence-corrected chi connectivity index (χ1v) is 19.8. The summed E-state index contributed by atoms with van der Waals surface area (Å²) in [5.74, 6) is -4.45. The Morgan fingerprint density at radius 1 is 0.981 bits per heavy atom. The SMILES string of the molecule is C=CCNC(=O)C(=O)C(CCC(F)(F)F)NC(=O)[C@@H]1[C@@H]2C(CN1C(=O)[C@@H](NC(=O)N[C@H](CN1CCCS1(=O)=O)C(C)(C)C)C1CCCCC1)C2(C)C. The first kappa shape index (κ1) is 41.5. The van der Waals surface area contributed by atoms with E-state index in [0.717, 1.165) is 19.3 Å². The monoisotopic (exact) mass is 760 g/mol. The summed E-state index contributed by atoms with van der Waals surface area (Å²) in [5.41, 5.74) is -0.931. The second-order valence-electron chi connectivity index (χ2n) is 16.4. The lowest BCUT2D eigenvalue weighted by Gasteiger charge is -2.38. The van der Waals surface area contributed by atoms with Gasteiger partial charge in [-0.1, -0.05) is 60.0 Å². The van der Waals surface area contributed by atoms with Gasteiger partial charge in [-0.05, 0) is 54.3 Å². The van der Waals surface area contributed by atoms with E-state index in [1.165, 1.54) is 15.3 Å². The maximum absolute atomic E-state index is 14.5. The highest BCUT2D eigenvalue weighted by Gasteiger charge is 2.69. The third-order valence-corrected chi connectivity index (χ3v) is 13.3. The van der Waals surface area contributed by atoms with Gasteiger partial charge in [0.15, 0.2) is 0 Å². The summed E-state index contributed by atoms with van der Waals surface area (Å²) in [6, 6.07) is -5.24. The zero-order chi connectivity index (χ0) is 38.8. The Morgan fingerprint density at radius 2 is 1.63 bits per heavy atom. The number of ketones is 1. The van der Waals surface area contributed by atoms with Crippen molar-refractivity contribution < 1.29 is 45.6 Å². The first-order chi connectivity index (χ1) is 24.1. The molecule has 2 saturated heterocycles. The number of likely N-dealkylation sites (tertiary alicyclic amines) is 1. The lowest BCUT2D eigenvalue weighted by Crippen LogP contribution is -2.61. The van der Waals surface area contributed by atoms with Crippen LogP contribution in [0, 0.1) is 28.6 Å². The Morgan fingerprint density at radius 3 is 2.19 bits per heavy atom. The molecule has 4 N–H and O–H groups in total. The minimum atomic E-state index is -4.66. The van der Waals surface area contributed by atoms with E-state index in [9.17, 15) is 45.6 Å². The van der Waals surface area contributed by atoms with Crippen LogP contribution in [0.1, 0.15) is 86.0 Å². The van der Waals surface area contributed by atoms with E-state index < -0.39 is 88.2 Å². The summed E-state index contributed by atoms with van der Waals surface area (Å²) in [7, 11) is -3.44. The summed E-state index contributed by atoms with van der Waals surface area (Å²) in [6.07, 6.45) is -1.27. The number of halogens is 3. The van der Waals surface area contributed by atoms with E-state index in [4.69, 9.17) is 0 Å². The molecule has 13 nitrogen and oxygen atoms in total. The molecule has 294 valence electrons. The molecule has 0 aromatic rings. The largest absolute Gasteiger partial charge is 0.389 e. The summed E-state index contributed by atoms with van der Waals surface area (Å²) in [5, 5.41) is 10.4. The maximum Gasteiger partial charge on any atom is 0.389 e. The fourth-order valence-electron chi connectivity index (χ4n) is 8.06. The molecule has 0 radical (unpaired) electrons. The number of carbonyl (C=O) groups excluding carboxylic acids is 5. The highest BCUT2D eigenvalue weighted by Crippen LogP contribution is 2.65. The Balaban J connectivity index is 1.57. The standard InChI is InChI=1S/C35H55F3N6O7S/c1-7-16-39-30(47)28(45)23(14-15-35(36,37)38)40-29(46)27-25-22(34(25,5)6)19-44(27)31(48)26(21-12-9-8-10-13-21)42-32(49)41-24(33(2,3)4)20-43-17-11-18-52(43,50)51/h7,21-27H,1,8-20H2,2-6H3,(H,39,47)(H,40,46)(H2,41,42,49)/t22?,23?,24-,25+,26+,27+/m1/s1. The predicted molar refractivity (Wildman–Crippen MR) is 187 cm³/mol. The van der Waals surface area contributed by atoms with Crippen molar-refractivity contribution in [3.8, 4) is 0 Å². The average Bonchev–Trinajstić information content (AvgIpc) is 3.34. The van der Waals surface area contributed by atoms with Crippen LogP contribution < -0.4 is 21.3 Å². The smallest absolute Gasteiger partial charge is 0.346 e. The molecular formula is C35H55F3N6O7S. The number of carbonyl (C=O) groups is 5. The molecule has 0 aromatic heterocycles. The molecule has 52 heavy (non-hydrogen) atoms. The highest BCUT2D eigenvalue weighted by molar-refractivity contribution is 7.89. The van der Waals surface area contributed by atoms with E-state index in [1.807, 2.05) is 34.6 Å².